The average Bonchev–Trinajstić information content (AvgIpc) is 1.88. The van der Waals surface area contributed by atoms with Crippen LogP contribution in [0.1, 0.15) is 0 Å². The van der Waals surface area contributed by atoms with Crippen LogP contribution >= 0.6 is 0 Å². The Morgan fingerprint density at radius 2 is 2.44 bits per heavy atom. The van der Waals surface area contributed by atoms with Crippen molar-refractivity contribution in [3.63, 3.8) is 0 Å². The Bertz CT molecular complexity index is 56.9. The maximum Gasteiger partial charge on any atom is 0.119 e. The largest absolute Gasteiger partial charge is 0.395 e. The Balaban J connectivity index is 3.18. The van der Waals surface area contributed by atoms with Gasteiger partial charge in [-0.15, -0.1) is 0 Å². The maximum atomic E-state index is 8.65. The van der Waals surface area contributed by atoms with Crippen LogP contribution in [0, 0.1) is 0 Å². The van der Waals surface area contributed by atoms with Crippen molar-refractivity contribution in [3.8, 4) is 0 Å². The van der Waals surface area contributed by atoms with Gasteiger partial charge in [-0.25, -0.2) is 0 Å². The monoisotopic (exact) mass is 131 g/mol. The van der Waals surface area contributed by atoms with Gasteiger partial charge in [0.25, 0.3) is 0 Å². The molecule has 0 aliphatic rings. The van der Waals surface area contributed by atoms with Gasteiger partial charge in [0.2, 0.25) is 0 Å². The summed E-state index contributed by atoms with van der Waals surface area (Å²) in [5, 5.41) is 11.7. The molecule has 0 aromatic heterocycles. The summed E-state index contributed by atoms with van der Waals surface area (Å²) in [7, 11) is 3.62. The quantitative estimate of drug-likeness (QED) is 0.431. The third kappa shape index (κ3) is 4.45. The third-order valence-corrected chi connectivity index (χ3v) is 1.08. The van der Waals surface area contributed by atoms with Gasteiger partial charge >= 0.3 is 0 Å². The fourth-order valence-corrected chi connectivity index (χ4v) is 0.666. The fourth-order valence-electron chi connectivity index (χ4n) is 0.666. The lowest BCUT2D eigenvalue weighted by molar-refractivity contribution is 0.131. The summed E-state index contributed by atoms with van der Waals surface area (Å²) >= 11 is 0. The molecule has 0 radical (unpaired) electrons. The number of ether oxygens (including phenoxy) is 1. The Hall–Kier alpha value is -0.0551. The predicted octanol–water partition coefficient (Wildman–Crippen LogP) is -1.83. The smallest absolute Gasteiger partial charge is 0.119 e. The molecule has 0 bridgehead atoms. The molecule has 0 aromatic rings. The van der Waals surface area contributed by atoms with Crippen LogP contribution in [0.4, 0.5) is 0 Å². The van der Waals surface area contributed by atoms with Crippen molar-refractivity contribution in [2.75, 3.05) is 26.8 Å². The van der Waals surface area contributed by atoms with E-state index >= 15 is 0 Å². The van der Waals surface area contributed by atoms with Crippen LogP contribution in [-0.4, -0.2) is 45.8 Å². The minimum Gasteiger partial charge on any atom is -0.395 e. The van der Waals surface area contributed by atoms with Gasteiger partial charge in [-0.05, 0) is 6.44 Å². The Morgan fingerprint density at radius 3 is 2.78 bits per heavy atom. The highest BCUT2D eigenvalue weighted by Gasteiger charge is 2.01. The van der Waals surface area contributed by atoms with Crippen molar-refractivity contribution in [2.24, 2.45) is 0 Å². The summed E-state index contributed by atoms with van der Waals surface area (Å²) < 4.78 is 4.82. The van der Waals surface area contributed by atoms with E-state index in [1.165, 1.54) is 0 Å². The second-order valence-electron chi connectivity index (χ2n) is 1.89. The van der Waals surface area contributed by atoms with Gasteiger partial charge in [0, 0.05) is 7.11 Å². The lowest BCUT2D eigenvalue weighted by atomic mass is 10.1. The summed E-state index contributed by atoms with van der Waals surface area (Å²) in [6.45, 7) is 0.714. The van der Waals surface area contributed by atoms with Gasteiger partial charge in [-0.3, -0.25) is 0 Å². The van der Waals surface area contributed by atoms with Crippen LogP contribution in [0.3, 0.4) is 0 Å². The van der Waals surface area contributed by atoms with Crippen LogP contribution < -0.4 is 5.32 Å². The molecule has 0 amide bonds. The normalized spacial score (nSPS) is 13.6. The molecule has 0 aliphatic heterocycles. The molecule has 1 atom stereocenters. The molecule has 4 heteroatoms. The minimum absolute atomic E-state index is 0.0972. The fraction of sp³-hybridized carbons (Fsp3) is 1.00. The van der Waals surface area contributed by atoms with Crippen molar-refractivity contribution in [2.45, 2.75) is 6.04 Å². The standard InChI is InChI=1S/C5H14BNO2/c1-9-3-5(2-8)7-4-6/h5,7-8H,2-4,6H2,1H3. The van der Waals surface area contributed by atoms with Gasteiger partial charge in [0.1, 0.15) is 7.85 Å². The zero-order chi connectivity index (χ0) is 7.11. The van der Waals surface area contributed by atoms with Gasteiger partial charge in [-0.1, -0.05) is 0 Å². The predicted molar refractivity (Wildman–Crippen MR) is 39.3 cm³/mol. The summed E-state index contributed by atoms with van der Waals surface area (Å²) in [6.07, 6.45) is 0.870. The topological polar surface area (TPSA) is 41.5 Å². The first-order chi connectivity index (χ1) is 4.35. The number of aliphatic hydroxyl groups excluding tert-OH is 1. The van der Waals surface area contributed by atoms with Crippen molar-refractivity contribution >= 4 is 7.85 Å². The van der Waals surface area contributed by atoms with Crippen LogP contribution in [0.2, 0.25) is 0 Å². The zero-order valence-corrected chi connectivity index (χ0v) is 6.05. The summed E-state index contributed by atoms with van der Waals surface area (Å²) in [4.78, 5) is 0. The molecule has 3 nitrogen and oxygen atoms in total. The molecule has 0 saturated carbocycles. The van der Waals surface area contributed by atoms with E-state index in [9.17, 15) is 0 Å². The van der Waals surface area contributed by atoms with E-state index in [0.717, 1.165) is 6.44 Å². The SMILES string of the molecule is BCNC(CO)COC. The highest BCUT2D eigenvalue weighted by molar-refractivity contribution is 6.08. The number of hydrogen-bond donors (Lipinski definition) is 2. The van der Waals surface area contributed by atoms with Crippen molar-refractivity contribution in [3.05, 3.63) is 0 Å². The number of rotatable bonds is 5. The highest BCUT2D eigenvalue weighted by atomic mass is 16.5. The molecule has 0 aromatic carbocycles. The summed E-state index contributed by atoms with van der Waals surface area (Å²) in [5.41, 5.74) is 0. The highest BCUT2D eigenvalue weighted by Crippen LogP contribution is 1.80. The molecule has 9 heavy (non-hydrogen) atoms. The molecule has 54 valence electrons. The minimum atomic E-state index is 0.0972. The van der Waals surface area contributed by atoms with Gasteiger partial charge in [0.15, 0.2) is 0 Å². The molecule has 2 N–H and O–H groups in total. The van der Waals surface area contributed by atoms with Crippen molar-refractivity contribution in [1.82, 2.24) is 5.32 Å². The van der Waals surface area contributed by atoms with E-state index in [1.54, 1.807) is 7.11 Å². The van der Waals surface area contributed by atoms with E-state index in [0.29, 0.717) is 6.61 Å². The van der Waals surface area contributed by atoms with E-state index in [-0.39, 0.29) is 12.6 Å². The first-order valence-electron chi connectivity index (χ1n) is 3.18. The van der Waals surface area contributed by atoms with Crippen LogP contribution in [0.25, 0.3) is 0 Å². The van der Waals surface area contributed by atoms with E-state index in [2.05, 4.69) is 5.32 Å². The molecule has 0 heterocycles. The molecule has 0 fully saturated rings. The van der Waals surface area contributed by atoms with Gasteiger partial charge < -0.3 is 15.2 Å². The summed E-state index contributed by atoms with van der Waals surface area (Å²) in [5.74, 6) is 0. The van der Waals surface area contributed by atoms with Crippen LogP contribution in [0.15, 0.2) is 0 Å². The van der Waals surface area contributed by atoms with Crippen LogP contribution in [0.5, 0.6) is 0 Å². The second kappa shape index (κ2) is 6.07. The first kappa shape index (κ1) is 8.94. The number of aliphatic hydroxyl groups is 1. The van der Waals surface area contributed by atoms with E-state index < -0.39 is 0 Å². The van der Waals surface area contributed by atoms with E-state index in [1.807, 2.05) is 7.85 Å². The maximum absolute atomic E-state index is 8.65. The number of hydrogen-bond acceptors (Lipinski definition) is 3. The third-order valence-electron chi connectivity index (χ3n) is 1.08. The zero-order valence-electron chi connectivity index (χ0n) is 6.05. The number of nitrogens with one attached hydrogen (secondary N) is 1. The van der Waals surface area contributed by atoms with E-state index in [4.69, 9.17) is 9.84 Å². The van der Waals surface area contributed by atoms with Crippen molar-refractivity contribution < 1.29 is 9.84 Å². The molecule has 0 spiro atoms. The first-order valence-corrected chi connectivity index (χ1v) is 3.18. The van der Waals surface area contributed by atoms with Gasteiger partial charge in [-0.2, -0.15) is 0 Å². The Labute approximate surface area is 56.8 Å². The lowest BCUT2D eigenvalue weighted by Crippen LogP contribution is -2.37. The summed E-state index contributed by atoms with van der Waals surface area (Å²) in [6, 6.07) is 0.0972. The molecule has 0 aliphatic carbocycles. The van der Waals surface area contributed by atoms with Crippen molar-refractivity contribution in [1.29, 1.82) is 0 Å². The molecular weight excluding hydrogens is 117 g/mol. The average molecular weight is 131 g/mol. The Kier molecular flexibility index (Phi) is 6.03. The molecular formula is C5H14BNO2. The van der Waals surface area contributed by atoms with Crippen LogP contribution in [-0.2, 0) is 4.74 Å². The second-order valence-corrected chi connectivity index (χ2v) is 1.89. The van der Waals surface area contributed by atoms with Gasteiger partial charge in [0.05, 0.1) is 19.3 Å². The molecule has 0 rings (SSSR count). The number of methoxy groups -OCH3 is 1. The molecule has 0 saturated heterocycles. The Morgan fingerprint density at radius 1 is 1.78 bits per heavy atom. The lowest BCUT2D eigenvalue weighted by Gasteiger charge is -2.12. The molecule has 1 unspecified atom stereocenters.